The van der Waals surface area contributed by atoms with Gasteiger partial charge in [-0.1, -0.05) is 44.2 Å². The van der Waals surface area contributed by atoms with Gasteiger partial charge in [-0.3, -0.25) is 0 Å². The molecule has 0 aliphatic rings. The first-order valence-electron chi connectivity index (χ1n) is 4.89. The Kier molecular flexibility index (Phi) is 6.17. The van der Waals surface area contributed by atoms with Gasteiger partial charge < -0.3 is 9.47 Å². The Morgan fingerprint density at radius 1 is 0.929 bits per heavy atom. The standard InChI is InChI=1S/C10H14O2.C2H6/c1-10(11-2,12-3)9-7-5-4-6-8-9;1-2/h4-8H,1-3H3;1-2H3. The van der Waals surface area contributed by atoms with E-state index in [9.17, 15) is 0 Å². The predicted molar refractivity (Wildman–Crippen MR) is 59.2 cm³/mol. The largest absolute Gasteiger partial charge is 0.349 e. The molecule has 80 valence electrons. The molecule has 0 N–H and O–H groups in total. The summed E-state index contributed by atoms with van der Waals surface area (Å²) >= 11 is 0. The van der Waals surface area contributed by atoms with E-state index >= 15 is 0 Å². The highest BCUT2D eigenvalue weighted by molar-refractivity contribution is 5.19. The highest BCUT2D eigenvalue weighted by atomic mass is 16.7. The van der Waals surface area contributed by atoms with Crippen molar-refractivity contribution in [2.45, 2.75) is 26.6 Å². The summed E-state index contributed by atoms with van der Waals surface area (Å²) in [5, 5.41) is 0. The van der Waals surface area contributed by atoms with E-state index in [1.165, 1.54) is 0 Å². The number of hydrogen-bond donors (Lipinski definition) is 0. The van der Waals surface area contributed by atoms with E-state index in [2.05, 4.69) is 0 Å². The van der Waals surface area contributed by atoms with Crippen molar-refractivity contribution >= 4 is 0 Å². The van der Waals surface area contributed by atoms with Gasteiger partial charge in [0.15, 0.2) is 5.79 Å². The summed E-state index contributed by atoms with van der Waals surface area (Å²) in [5.74, 6) is -0.624. The number of benzene rings is 1. The van der Waals surface area contributed by atoms with Crippen LogP contribution in [-0.2, 0) is 15.3 Å². The molecular weight excluding hydrogens is 176 g/mol. The van der Waals surface area contributed by atoms with Gasteiger partial charge in [0.1, 0.15) is 0 Å². The Morgan fingerprint density at radius 2 is 1.36 bits per heavy atom. The minimum absolute atomic E-state index is 0.624. The molecule has 0 aliphatic heterocycles. The van der Waals surface area contributed by atoms with Gasteiger partial charge in [-0.2, -0.15) is 0 Å². The molecular formula is C12H20O2. The van der Waals surface area contributed by atoms with E-state index in [0.717, 1.165) is 5.56 Å². The van der Waals surface area contributed by atoms with Crippen LogP contribution in [0.25, 0.3) is 0 Å². The lowest BCUT2D eigenvalue weighted by atomic mass is 10.1. The number of hydrogen-bond acceptors (Lipinski definition) is 2. The second-order valence-corrected chi connectivity index (χ2v) is 2.72. The first-order valence-corrected chi connectivity index (χ1v) is 4.89. The maximum Gasteiger partial charge on any atom is 0.191 e. The molecule has 2 nitrogen and oxygen atoms in total. The summed E-state index contributed by atoms with van der Waals surface area (Å²) < 4.78 is 10.5. The fraction of sp³-hybridized carbons (Fsp3) is 0.500. The highest BCUT2D eigenvalue weighted by Gasteiger charge is 2.24. The van der Waals surface area contributed by atoms with E-state index in [1.807, 2.05) is 51.1 Å². The maximum absolute atomic E-state index is 5.25. The van der Waals surface area contributed by atoms with Crippen molar-refractivity contribution in [1.29, 1.82) is 0 Å². The van der Waals surface area contributed by atoms with E-state index < -0.39 is 5.79 Å². The van der Waals surface area contributed by atoms with Crippen LogP contribution in [0.15, 0.2) is 30.3 Å². The summed E-state index contributed by atoms with van der Waals surface area (Å²) in [6, 6.07) is 9.85. The predicted octanol–water partition coefficient (Wildman–Crippen LogP) is 3.18. The van der Waals surface area contributed by atoms with Crippen LogP contribution in [0.3, 0.4) is 0 Å². The maximum atomic E-state index is 5.25. The Balaban J connectivity index is 0.000000791. The molecule has 1 rings (SSSR count). The lowest BCUT2D eigenvalue weighted by molar-refractivity contribution is -0.201. The Hall–Kier alpha value is -0.860. The van der Waals surface area contributed by atoms with Crippen LogP contribution in [0.5, 0.6) is 0 Å². The van der Waals surface area contributed by atoms with Crippen molar-refractivity contribution in [2.24, 2.45) is 0 Å². The first-order chi connectivity index (χ1) is 6.73. The normalized spacial score (nSPS) is 10.4. The van der Waals surface area contributed by atoms with Crippen LogP contribution in [0.4, 0.5) is 0 Å². The molecule has 0 radical (unpaired) electrons. The summed E-state index contributed by atoms with van der Waals surface area (Å²) in [5.41, 5.74) is 1.02. The molecule has 0 amide bonds. The molecule has 0 fully saturated rings. The second kappa shape index (κ2) is 6.57. The summed E-state index contributed by atoms with van der Waals surface area (Å²) in [6.45, 7) is 5.89. The Bertz CT molecular complexity index is 227. The van der Waals surface area contributed by atoms with E-state index in [-0.39, 0.29) is 0 Å². The van der Waals surface area contributed by atoms with E-state index in [0.29, 0.717) is 0 Å². The van der Waals surface area contributed by atoms with Gasteiger partial charge in [0.2, 0.25) is 0 Å². The average Bonchev–Trinajstić information content (AvgIpc) is 2.32. The lowest BCUT2D eigenvalue weighted by Crippen LogP contribution is -2.26. The zero-order valence-electron chi connectivity index (χ0n) is 9.70. The highest BCUT2D eigenvalue weighted by Crippen LogP contribution is 2.24. The zero-order chi connectivity index (χ0) is 11.0. The van der Waals surface area contributed by atoms with Crippen molar-refractivity contribution in [1.82, 2.24) is 0 Å². The zero-order valence-corrected chi connectivity index (χ0v) is 9.70. The van der Waals surface area contributed by atoms with Gasteiger partial charge in [0.25, 0.3) is 0 Å². The molecule has 0 bridgehead atoms. The molecule has 1 aromatic carbocycles. The van der Waals surface area contributed by atoms with E-state index in [1.54, 1.807) is 14.2 Å². The minimum Gasteiger partial charge on any atom is -0.349 e. The molecule has 0 unspecified atom stereocenters. The van der Waals surface area contributed by atoms with Crippen LogP contribution in [0.1, 0.15) is 26.3 Å². The van der Waals surface area contributed by atoms with Crippen molar-refractivity contribution in [2.75, 3.05) is 14.2 Å². The lowest BCUT2D eigenvalue weighted by Gasteiger charge is -2.26. The van der Waals surface area contributed by atoms with Gasteiger partial charge in [-0.25, -0.2) is 0 Å². The molecule has 0 saturated carbocycles. The fourth-order valence-electron chi connectivity index (χ4n) is 1.06. The van der Waals surface area contributed by atoms with Gasteiger partial charge in [-0.15, -0.1) is 0 Å². The average molecular weight is 196 g/mol. The second-order valence-electron chi connectivity index (χ2n) is 2.72. The van der Waals surface area contributed by atoms with E-state index in [4.69, 9.17) is 9.47 Å². The molecule has 1 aromatic rings. The van der Waals surface area contributed by atoms with Gasteiger partial charge in [0, 0.05) is 19.8 Å². The number of ether oxygens (including phenoxy) is 2. The molecule has 2 heteroatoms. The van der Waals surface area contributed by atoms with Crippen LogP contribution >= 0.6 is 0 Å². The topological polar surface area (TPSA) is 18.5 Å². The summed E-state index contributed by atoms with van der Waals surface area (Å²) in [4.78, 5) is 0. The van der Waals surface area contributed by atoms with Gasteiger partial charge >= 0.3 is 0 Å². The third-order valence-corrected chi connectivity index (χ3v) is 2.08. The van der Waals surface area contributed by atoms with Gasteiger partial charge in [0.05, 0.1) is 0 Å². The van der Waals surface area contributed by atoms with Crippen molar-refractivity contribution in [3.8, 4) is 0 Å². The van der Waals surface area contributed by atoms with Gasteiger partial charge in [-0.05, 0) is 6.92 Å². The Morgan fingerprint density at radius 3 is 1.71 bits per heavy atom. The van der Waals surface area contributed by atoms with Crippen molar-refractivity contribution in [3.05, 3.63) is 35.9 Å². The fourth-order valence-corrected chi connectivity index (χ4v) is 1.06. The van der Waals surface area contributed by atoms with Crippen LogP contribution < -0.4 is 0 Å². The molecule has 0 saturated heterocycles. The van der Waals surface area contributed by atoms with Crippen LogP contribution in [0, 0.1) is 0 Å². The first kappa shape index (κ1) is 13.1. The molecule has 0 atom stereocenters. The number of methoxy groups -OCH3 is 2. The Labute approximate surface area is 86.9 Å². The monoisotopic (exact) mass is 196 g/mol. The third kappa shape index (κ3) is 3.13. The number of rotatable bonds is 3. The molecule has 14 heavy (non-hydrogen) atoms. The quantitative estimate of drug-likeness (QED) is 0.691. The minimum atomic E-state index is -0.624. The molecule has 0 aromatic heterocycles. The van der Waals surface area contributed by atoms with Crippen molar-refractivity contribution in [3.63, 3.8) is 0 Å². The summed E-state index contributed by atoms with van der Waals surface area (Å²) in [7, 11) is 3.27. The molecule has 0 heterocycles. The summed E-state index contributed by atoms with van der Waals surface area (Å²) in [6.07, 6.45) is 0. The molecule has 0 aliphatic carbocycles. The smallest absolute Gasteiger partial charge is 0.191 e. The van der Waals surface area contributed by atoms with Crippen molar-refractivity contribution < 1.29 is 9.47 Å². The third-order valence-electron chi connectivity index (χ3n) is 2.08. The van der Waals surface area contributed by atoms with Crippen LogP contribution in [0.2, 0.25) is 0 Å². The van der Waals surface area contributed by atoms with Crippen LogP contribution in [-0.4, -0.2) is 14.2 Å². The molecule has 0 spiro atoms. The SMILES string of the molecule is CC.COC(C)(OC)c1ccccc1.